The third-order valence-electron chi connectivity index (χ3n) is 7.62. The zero-order valence-corrected chi connectivity index (χ0v) is 21.7. The van der Waals surface area contributed by atoms with E-state index in [1.165, 1.54) is 74.5 Å². The molecule has 2 rings (SSSR count). The highest BCUT2D eigenvalue weighted by molar-refractivity contribution is 5.46. The second kappa shape index (κ2) is 13.0. The third-order valence-corrected chi connectivity index (χ3v) is 7.62. The quantitative estimate of drug-likeness (QED) is 0.288. The average molecular weight is 433 g/mol. The molecule has 0 aromatic heterocycles. The number of rotatable bonds is 12. The summed E-state index contributed by atoms with van der Waals surface area (Å²) in [4.78, 5) is 0. The molecule has 1 aromatic rings. The van der Waals surface area contributed by atoms with Gasteiger partial charge >= 0.3 is 0 Å². The molecule has 0 nitrogen and oxygen atoms in total. The first-order chi connectivity index (χ1) is 15.3. The lowest BCUT2D eigenvalue weighted by Crippen LogP contribution is -2.33. The Morgan fingerprint density at radius 3 is 2.34 bits per heavy atom. The van der Waals surface area contributed by atoms with Gasteiger partial charge in [0.2, 0.25) is 0 Å². The van der Waals surface area contributed by atoms with Gasteiger partial charge in [0, 0.05) is 0 Å². The second-order valence-electron chi connectivity index (χ2n) is 10.5. The van der Waals surface area contributed by atoms with Gasteiger partial charge in [0.05, 0.1) is 0 Å². The standard InChI is InChI=1S/C32H48/c1-8-15-28-22-30(29-17-12-11-13-18-29)24-32(23-28,19-9-2)20-14-16-27(7)31(25(4)5)21-26(6)10-3/h10-13,17-18,21,28,30H,4,7-9,14-16,19-20,22-24H2,1-3,5-6H3/b26-10-,31-21+. The van der Waals surface area contributed by atoms with E-state index in [-0.39, 0.29) is 0 Å². The number of hydrogen-bond donors (Lipinski definition) is 0. The number of benzene rings is 1. The topological polar surface area (TPSA) is 0 Å². The summed E-state index contributed by atoms with van der Waals surface area (Å²) in [5, 5.41) is 0. The smallest absolute Gasteiger partial charge is 0.0154 e. The maximum atomic E-state index is 4.47. The molecule has 0 bridgehead atoms. The van der Waals surface area contributed by atoms with Gasteiger partial charge in [0.25, 0.3) is 0 Å². The molecule has 3 unspecified atom stereocenters. The Bertz CT molecular complexity index is 791. The van der Waals surface area contributed by atoms with Gasteiger partial charge in [-0.25, -0.2) is 0 Å². The maximum Gasteiger partial charge on any atom is -0.0154 e. The molecular weight excluding hydrogens is 384 g/mol. The van der Waals surface area contributed by atoms with Gasteiger partial charge in [0.1, 0.15) is 0 Å². The lowest BCUT2D eigenvalue weighted by molar-refractivity contribution is 0.0891. The summed E-state index contributed by atoms with van der Waals surface area (Å²) in [5.74, 6) is 1.59. The molecule has 0 heteroatoms. The van der Waals surface area contributed by atoms with Crippen LogP contribution in [-0.2, 0) is 0 Å². The Morgan fingerprint density at radius 2 is 1.75 bits per heavy atom. The third kappa shape index (κ3) is 7.65. The largest absolute Gasteiger partial charge is 0.0955 e. The molecule has 0 aliphatic heterocycles. The van der Waals surface area contributed by atoms with E-state index in [4.69, 9.17) is 0 Å². The maximum absolute atomic E-state index is 4.47. The van der Waals surface area contributed by atoms with Crippen molar-refractivity contribution in [3.05, 3.63) is 83.5 Å². The van der Waals surface area contributed by atoms with Crippen molar-refractivity contribution < 1.29 is 0 Å². The molecule has 1 aliphatic rings. The van der Waals surface area contributed by atoms with Crippen molar-refractivity contribution in [1.29, 1.82) is 0 Å². The molecule has 176 valence electrons. The first kappa shape index (κ1) is 26.4. The molecule has 1 aromatic carbocycles. The molecular formula is C32H48. The molecule has 1 fully saturated rings. The fraction of sp³-hybridized carbons (Fsp3) is 0.562. The summed E-state index contributed by atoms with van der Waals surface area (Å²) >= 11 is 0. The second-order valence-corrected chi connectivity index (χ2v) is 10.5. The van der Waals surface area contributed by atoms with Gasteiger partial charge in [-0.1, -0.05) is 99.9 Å². The van der Waals surface area contributed by atoms with Crippen LogP contribution in [0.5, 0.6) is 0 Å². The van der Waals surface area contributed by atoms with Crippen LogP contribution in [0.1, 0.15) is 110 Å². The minimum absolute atomic E-state index is 0.486. The van der Waals surface area contributed by atoms with Crippen LogP contribution in [0.15, 0.2) is 77.9 Å². The number of allylic oxidation sites excluding steroid dienone is 6. The number of hydrogen-bond acceptors (Lipinski definition) is 0. The van der Waals surface area contributed by atoms with E-state index < -0.39 is 0 Å². The predicted molar refractivity (Wildman–Crippen MR) is 144 cm³/mol. The van der Waals surface area contributed by atoms with Gasteiger partial charge in [0.15, 0.2) is 0 Å². The average Bonchev–Trinajstić information content (AvgIpc) is 2.77. The summed E-state index contributed by atoms with van der Waals surface area (Å²) in [6.45, 7) is 19.8. The Labute approximate surface area is 199 Å². The van der Waals surface area contributed by atoms with Crippen molar-refractivity contribution in [3.8, 4) is 0 Å². The van der Waals surface area contributed by atoms with Crippen molar-refractivity contribution in [2.45, 2.75) is 105 Å². The lowest BCUT2D eigenvalue weighted by Gasteiger charge is -2.45. The van der Waals surface area contributed by atoms with Crippen LogP contribution < -0.4 is 0 Å². The van der Waals surface area contributed by atoms with Crippen LogP contribution in [-0.4, -0.2) is 0 Å². The van der Waals surface area contributed by atoms with Crippen molar-refractivity contribution in [3.63, 3.8) is 0 Å². The monoisotopic (exact) mass is 432 g/mol. The van der Waals surface area contributed by atoms with Gasteiger partial charge < -0.3 is 0 Å². The molecule has 0 spiro atoms. The van der Waals surface area contributed by atoms with Crippen LogP contribution in [0.3, 0.4) is 0 Å². The van der Waals surface area contributed by atoms with Crippen molar-refractivity contribution >= 4 is 0 Å². The highest BCUT2D eigenvalue weighted by atomic mass is 14.4. The van der Waals surface area contributed by atoms with Gasteiger partial charge in [-0.15, -0.1) is 0 Å². The van der Waals surface area contributed by atoms with Crippen molar-refractivity contribution in [2.24, 2.45) is 11.3 Å². The van der Waals surface area contributed by atoms with E-state index in [2.05, 4.69) is 90.3 Å². The van der Waals surface area contributed by atoms with Crippen LogP contribution in [0.2, 0.25) is 0 Å². The molecule has 0 N–H and O–H groups in total. The summed E-state index contributed by atoms with van der Waals surface area (Å²) < 4.78 is 0. The Morgan fingerprint density at radius 1 is 1.03 bits per heavy atom. The first-order valence-corrected chi connectivity index (χ1v) is 13.1. The highest BCUT2D eigenvalue weighted by Crippen LogP contribution is 2.53. The van der Waals surface area contributed by atoms with Gasteiger partial charge in [-0.3, -0.25) is 0 Å². The summed E-state index contributed by atoms with van der Waals surface area (Å²) in [6, 6.07) is 11.3. The first-order valence-electron chi connectivity index (χ1n) is 13.1. The van der Waals surface area contributed by atoms with Gasteiger partial charge in [-0.05, 0) is 99.7 Å². The normalized spacial score (nSPS) is 24.4. The van der Waals surface area contributed by atoms with Crippen molar-refractivity contribution in [1.82, 2.24) is 0 Å². The molecule has 1 aliphatic carbocycles. The predicted octanol–water partition coefficient (Wildman–Crippen LogP) is 10.4. The summed E-state index contributed by atoms with van der Waals surface area (Å²) in [5.41, 5.74) is 6.97. The molecule has 0 amide bonds. The van der Waals surface area contributed by atoms with Crippen LogP contribution in [0.25, 0.3) is 0 Å². The molecule has 1 saturated carbocycles. The zero-order valence-electron chi connectivity index (χ0n) is 21.7. The van der Waals surface area contributed by atoms with Crippen LogP contribution >= 0.6 is 0 Å². The SMILES string of the molecule is C=C(C)/C(=C\C(C)=C/C)C(=C)CCCC1(CCC)CC(CCC)CC(c2ccccc2)C1. The fourth-order valence-corrected chi connectivity index (χ4v) is 6.11. The van der Waals surface area contributed by atoms with E-state index in [0.29, 0.717) is 5.41 Å². The van der Waals surface area contributed by atoms with E-state index in [9.17, 15) is 0 Å². The van der Waals surface area contributed by atoms with E-state index in [0.717, 1.165) is 23.8 Å². The summed E-state index contributed by atoms with van der Waals surface area (Å²) in [6.07, 6.45) is 17.6. The zero-order chi connectivity index (χ0) is 23.6. The Hall–Kier alpha value is -1.82. The molecule has 0 saturated heterocycles. The lowest BCUT2D eigenvalue weighted by atomic mass is 9.59. The van der Waals surface area contributed by atoms with E-state index >= 15 is 0 Å². The minimum atomic E-state index is 0.486. The van der Waals surface area contributed by atoms with E-state index in [1.54, 1.807) is 5.56 Å². The molecule has 3 atom stereocenters. The fourth-order valence-electron chi connectivity index (χ4n) is 6.11. The Balaban J connectivity index is 2.16. The van der Waals surface area contributed by atoms with Crippen LogP contribution in [0.4, 0.5) is 0 Å². The van der Waals surface area contributed by atoms with Crippen LogP contribution in [0, 0.1) is 11.3 Å². The summed E-state index contributed by atoms with van der Waals surface area (Å²) in [7, 11) is 0. The molecule has 0 heterocycles. The molecule has 0 radical (unpaired) electrons. The van der Waals surface area contributed by atoms with Gasteiger partial charge in [-0.2, -0.15) is 0 Å². The minimum Gasteiger partial charge on any atom is -0.0955 e. The molecule has 32 heavy (non-hydrogen) atoms. The highest BCUT2D eigenvalue weighted by Gasteiger charge is 2.39. The Kier molecular flexibility index (Phi) is 10.8. The van der Waals surface area contributed by atoms with Crippen molar-refractivity contribution in [2.75, 3.05) is 0 Å². The van der Waals surface area contributed by atoms with E-state index in [1.807, 2.05) is 0 Å².